The van der Waals surface area contributed by atoms with E-state index in [-0.39, 0.29) is 11.9 Å². The summed E-state index contributed by atoms with van der Waals surface area (Å²) in [5.74, 6) is 0.640. The Bertz CT molecular complexity index is 847. The lowest BCUT2D eigenvalue weighted by atomic mass is 10.1. The highest BCUT2D eigenvalue weighted by molar-refractivity contribution is 5.94. The number of nitrogens with one attached hydrogen (secondary N) is 1. The molecule has 1 atom stereocenters. The first-order chi connectivity index (χ1) is 12.6. The van der Waals surface area contributed by atoms with Crippen LogP contribution in [-0.2, 0) is 6.61 Å². The molecule has 0 spiro atoms. The Labute approximate surface area is 153 Å². The Morgan fingerprint density at radius 3 is 2.58 bits per heavy atom. The predicted molar refractivity (Wildman–Crippen MR) is 99.9 cm³/mol. The summed E-state index contributed by atoms with van der Waals surface area (Å²) in [5.41, 5.74) is 3.46. The second-order valence-electron chi connectivity index (χ2n) is 6.10. The summed E-state index contributed by atoms with van der Waals surface area (Å²) in [6, 6.07) is 15.1. The van der Waals surface area contributed by atoms with Crippen molar-refractivity contribution >= 4 is 5.91 Å². The van der Waals surface area contributed by atoms with Gasteiger partial charge in [0.15, 0.2) is 0 Å². The van der Waals surface area contributed by atoms with Crippen molar-refractivity contribution in [3.63, 3.8) is 0 Å². The van der Waals surface area contributed by atoms with Crippen LogP contribution in [0.15, 0.2) is 67.1 Å². The monoisotopic (exact) mass is 347 g/mol. The molecular weight excluding hydrogens is 326 g/mol. The minimum absolute atomic E-state index is 0.115. The van der Waals surface area contributed by atoms with Gasteiger partial charge in [-0.1, -0.05) is 18.2 Å². The number of rotatable bonds is 6. The lowest BCUT2D eigenvalue weighted by Crippen LogP contribution is -2.26. The van der Waals surface area contributed by atoms with E-state index < -0.39 is 0 Å². The van der Waals surface area contributed by atoms with Crippen LogP contribution in [0.1, 0.15) is 40.1 Å². The molecule has 2 aromatic heterocycles. The molecule has 0 fully saturated rings. The summed E-state index contributed by atoms with van der Waals surface area (Å²) in [6.07, 6.45) is 5.11. The smallest absolute Gasteiger partial charge is 0.253 e. The van der Waals surface area contributed by atoms with E-state index in [2.05, 4.69) is 15.3 Å². The number of pyridine rings is 2. The van der Waals surface area contributed by atoms with Crippen LogP contribution in [0.25, 0.3) is 0 Å². The topological polar surface area (TPSA) is 64.1 Å². The summed E-state index contributed by atoms with van der Waals surface area (Å²) < 4.78 is 5.75. The van der Waals surface area contributed by atoms with Crippen molar-refractivity contribution in [2.24, 2.45) is 0 Å². The zero-order valence-electron chi connectivity index (χ0n) is 14.8. The van der Waals surface area contributed by atoms with E-state index in [0.717, 1.165) is 22.6 Å². The van der Waals surface area contributed by atoms with Gasteiger partial charge in [-0.25, -0.2) is 0 Å². The summed E-state index contributed by atoms with van der Waals surface area (Å²) in [7, 11) is 0. The summed E-state index contributed by atoms with van der Waals surface area (Å²) in [4.78, 5) is 20.5. The van der Waals surface area contributed by atoms with Gasteiger partial charge in [0.1, 0.15) is 12.4 Å². The molecule has 5 heteroatoms. The van der Waals surface area contributed by atoms with E-state index in [4.69, 9.17) is 4.74 Å². The first-order valence-electron chi connectivity index (χ1n) is 8.47. The van der Waals surface area contributed by atoms with Gasteiger partial charge in [0, 0.05) is 29.8 Å². The molecule has 132 valence electrons. The molecule has 3 rings (SSSR count). The van der Waals surface area contributed by atoms with Crippen LogP contribution in [-0.4, -0.2) is 15.9 Å². The van der Waals surface area contributed by atoms with E-state index in [9.17, 15) is 4.79 Å². The van der Waals surface area contributed by atoms with Crippen LogP contribution in [0.3, 0.4) is 0 Å². The predicted octanol–water partition coefficient (Wildman–Crippen LogP) is 3.86. The third-order valence-corrected chi connectivity index (χ3v) is 4.03. The fraction of sp³-hybridized carbons (Fsp3) is 0.190. The van der Waals surface area contributed by atoms with Crippen LogP contribution >= 0.6 is 0 Å². The van der Waals surface area contributed by atoms with Crippen molar-refractivity contribution in [2.45, 2.75) is 26.5 Å². The molecule has 0 saturated carbocycles. The van der Waals surface area contributed by atoms with Crippen LogP contribution < -0.4 is 10.1 Å². The lowest BCUT2D eigenvalue weighted by Gasteiger charge is -2.15. The Hall–Kier alpha value is -3.21. The first-order valence-corrected chi connectivity index (χ1v) is 8.47. The molecule has 0 radical (unpaired) electrons. The Balaban J connectivity index is 1.57. The average Bonchev–Trinajstić information content (AvgIpc) is 2.68. The number of amides is 1. The average molecular weight is 347 g/mol. The Morgan fingerprint density at radius 2 is 1.92 bits per heavy atom. The highest BCUT2D eigenvalue weighted by atomic mass is 16.5. The molecule has 1 N–H and O–H groups in total. The molecule has 1 unspecified atom stereocenters. The maximum Gasteiger partial charge on any atom is 0.253 e. The third kappa shape index (κ3) is 4.66. The van der Waals surface area contributed by atoms with Gasteiger partial charge in [-0.05, 0) is 49.7 Å². The molecule has 0 bridgehead atoms. The minimum Gasteiger partial charge on any atom is -0.489 e. The zero-order valence-corrected chi connectivity index (χ0v) is 14.8. The standard InChI is InChI=1S/C21H21N3O2/c1-15-5-6-19(13-23-15)21(25)24-16(2)18-7-9-20(10-8-18)26-14-17-4-3-11-22-12-17/h3-13,16H,14H2,1-2H3,(H,24,25). The number of benzene rings is 1. The van der Waals surface area contributed by atoms with Gasteiger partial charge >= 0.3 is 0 Å². The SMILES string of the molecule is Cc1ccc(C(=O)NC(C)c2ccc(OCc3cccnc3)cc2)cn1. The van der Waals surface area contributed by atoms with Crippen LogP contribution in [0.5, 0.6) is 5.75 Å². The van der Waals surface area contributed by atoms with E-state index in [1.807, 2.05) is 56.3 Å². The Morgan fingerprint density at radius 1 is 1.12 bits per heavy atom. The summed E-state index contributed by atoms with van der Waals surface area (Å²) in [5, 5.41) is 2.98. The number of carbonyl (C=O) groups is 1. The molecular formula is C21H21N3O2. The maximum absolute atomic E-state index is 12.3. The van der Waals surface area contributed by atoms with E-state index in [1.54, 1.807) is 24.7 Å². The minimum atomic E-state index is -0.137. The van der Waals surface area contributed by atoms with Crippen molar-refractivity contribution in [3.8, 4) is 5.75 Å². The van der Waals surface area contributed by atoms with Gasteiger partial charge in [0.05, 0.1) is 11.6 Å². The third-order valence-electron chi connectivity index (χ3n) is 4.03. The number of carbonyl (C=O) groups excluding carboxylic acids is 1. The fourth-order valence-electron chi connectivity index (χ4n) is 2.47. The lowest BCUT2D eigenvalue weighted by molar-refractivity contribution is 0.0939. The van der Waals surface area contributed by atoms with Gasteiger partial charge in [-0.3, -0.25) is 14.8 Å². The summed E-state index contributed by atoms with van der Waals surface area (Å²) >= 11 is 0. The van der Waals surface area contributed by atoms with Gasteiger partial charge in [0.25, 0.3) is 5.91 Å². The Kier molecular flexibility index (Phi) is 5.59. The van der Waals surface area contributed by atoms with Gasteiger partial charge in [-0.15, -0.1) is 0 Å². The summed E-state index contributed by atoms with van der Waals surface area (Å²) in [6.45, 7) is 4.31. The van der Waals surface area contributed by atoms with Crippen molar-refractivity contribution in [1.82, 2.24) is 15.3 Å². The number of ether oxygens (including phenoxy) is 1. The molecule has 26 heavy (non-hydrogen) atoms. The van der Waals surface area contributed by atoms with Crippen molar-refractivity contribution in [1.29, 1.82) is 0 Å². The first kappa shape index (κ1) is 17.6. The highest BCUT2D eigenvalue weighted by Gasteiger charge is 2.12. The molecule has 5 nitrogen and oxygen atoms in total. The van der Waals surface area contributed by atoms with Crippen molar-refractivity contribution in [3.05, 3.63) is 89.5 Å². The quantitative estimate of drug-likeness (QED) is 0.735. The highest BCUT2D eigenvalue weighted by Crippen LogP contribution is 2.19. The number of nitrogens with zero attached hydrogens (tertiary/aromatic N) is 2. The fourth-order valence-corrected chi connectivity index (χ4v) is 2.47. The zero-order chi connectivity index (χ0) is 18.4. The van der Waals surface area contributed by atoms with Crippen molar-refractivity contribution < 1.29 is 9.53 Å². The molecule has 0 saturated heterocycles. The molecule has 1 amide bonds. The van der Waals surface area contributed by atoms with Crippen molar-refractivity contribution in [2.75, 3.05) is 0 Å². The van der Waals surface area contributed by atoms with Gasteiger partial charge in [0.2, 0.25) is 0 Å². The molecule has 1 aromatic carbocycles. The molecule has 0 aliphatic heterocycles. The van der Waals surface area contributed by atoms with Crippen LogP contribution in [0, 0.1) is 6.92 Å². The number of hydrogen-bond donors (Lipinski definition) is 1. The van der Waals surface area contributed by atoms with E-state index >= 15 is 0 Å². The molecule has 3 aromatic rings. The van der Waals surface area contributed by atoms with Gasteiger partial charge < -0.3 is 10.1 Å². The molecule has 0 aliphatic rings. The van der Waals surface area contributed by atoms with E-state index in [1.165, 1.54) is 0 Å². The molecule has 2 heterocycles. The largest absolute Gasteiger partial charge is 0.489 e. The van der Waals surface area contributed by atoms with Crippen LogP contribution in [0.4, 0.5) is 0 Å². The molecule has 0 aliphatic carbocycles. The van der Waals surface area contributed by atoms with Crippen LogP contribution in [0.2, 0.25) is 0 Å². The number of hydrogen-bond acceptors (Lipinski definition) is 4. The van der Waals surface area contributed by atoms with Gasteiger partial charge in [-0.2, -0.15) is 0 Å². The maximum atomic E-state index is 12.3. The van der Waals surface area contributed by atoms with E-state index in [0.29, 0.717) is 12.2 Å². The second-order valence-corrected chi connectivity index (χ2v) is 6.10. The second kappa shape index (κ2) is 8.25. The number of aryl methyl sites for hydroxylation is 1. The number of aromatic nitrogens is 2. The normalized spacial score (nSPS) is 11.6.